The summed E-state index contributed by atoms with van der Waals surface area (Å²) in [5, 5.41) is 0. The molecule has 0 atom stereocenters. The van der Waals surface area contributed by atoms with Gasteiger partial charge in [-0.1, -0.05) is 12.1 Å². The van der Waals surface area contributed by atoms with Gasteiger partial charge in [-0.25, -0.2) is 8.42 Å². The van der Waals surface area contributed by atoms with Gasteiger partial charge in [0, 0.05) is 39.0 Å². The average Bonchev–Trinajstić information content (AvgIpc) is 2.32. The van der Waals surface area contributed by atoms with E-state index in [9.17, 15) is 8.42 Å². The highest BCUT2D eigenvalue weighted by Crippen LogP contribution is 2.12. The lowest BCUT2D eigenvalue weighted by molar-refractivity contribution is 0.148. The molecule has 0 radical (unpaired) electrons. The van der Waals surface area contributed by atoms with E-state index < -0.39 is 9.84 Å². The molecule has 1 saturated heterocycles. The van der Waals surface area contributed by atoms with Gasteiger partial charge in [-0.05, 0) is 24.7 Å². The van der Waals surface area contributed by atoms with Gasteiger partial charge in [0.1, 0.15) is 0 Å². The van der Waals surface area contributed by atoms with Crippen LogP contribution in [0.1, 0.15) is 5.56 Å². The molecule has 1 aliphatic heterocycles. The summed E-state index contributed by atoms with van der Waals surface area (Å²) >= 11 is 0. The molecule has 18 heavy (non-hydrogen) atoms. The first-order valence-corrected chi connectivity index (χ1v) is 8.04. The van der Waals surface area contributed by atoms with Crippen LogP contribution in [0.5, 0.6) is 0 Å². The Labute approximate surface area is 109 Å². The van der Waals surface area contributed by atoms with E-state index in [1.807, 2.05) is 12.1 Å². The van der Waals surface area contributed by atoms with Gasteiger partial charge in [0.2, 0.25) is 0 Å². The second-order valence-electron chi connectivity index (χ2n) is 5.00. The standard InChI is InChI=1S/C13H20N2O2S/c1-14-7-9-15(10-8-14)11-12-3-5-13(6-4-12)18(2,16)17/h3-6H,7-11H2,1-2H3. The van der Waals surface area contributed by atoms with Crippen molar-refractivity contribution >= 4 is 9.84 Å². The molecule has 0 saturated carbocycles. The number of hydrogen-bond acceptors (Lipinski definition) is 4. The topological polar surface area (TPSA) is 40.6 Å². The van der Waals surface area contributed by atoms with E-state index in [0.717, 1.165) is 32.7 Å². The first kappa shape index (κ1) is 13.5. The summed E-state index contributed by atoms with van der Waals surface area (Å²) in [4.78, 5) is 5.11. The summed E-state index contributed by atoms with van der Waals surface area (Å²) in [6.45, 7) is 5.25. The van der Waals surface area contributed by atoms with Crippen molar-refractivity contribution in [1.82, 2.24) is 9.80 Å². The zero-order valence-electron chi connectivity index (χ0n) is 11.0. The highest BCUT2D eigenvalue weighted by Gasteiger charge is 2.14. The summed E-state index contributed by atoms with van der Waals surface area (Å²) in [5.74, 6) is 0. The number of benzene rings is 1. The van der Waals surface area contributed by atoms with Gasteiger partial charge in [0.25, 0.3) is 0 Å². The van der Waals surface area contributed by atoms with Crippen molar-refractivity contribution in [2.45, 2.75) is 11.4 Å². The molecule has 0 N–H and O–H groups in total. The van der Waals surface area contributed by atoms with Crippen LogP contribution in [0, 0.1) is 0 Å². The van der Waals surface area contributed by atoms with Crippen molar-refractivity contribution in [3.8, 4) is 0 Å². The van der Waals surface area contributed by atoms with Crippen LogP contribution >= 0.6 is 0 Å². The maximum absolute atomic E-state index is 11.4. The molecule has 2 rings (SSSR count). The van der Waals surface area contributed by atoms with E-state index >= 15 is 0 Å². The summed E-state index contributed by atoms with van der Waals surface area (Å²) in [7, 11) is -0.943. The Morgan fingerprint density at radius 3 is 2.11 bits per heavy atom. The van der Waals surface area contributed by atoms with Crippen LogP contribution in [-0.4, -0.2) is 57.7 Å². The molecule has 1 aromatic carbocycles. The summed E-state index contributed by atoms with van der Waals surface area (Å²) in [5.41, 5.74) is 1.17. The van der Waals surface area contributed by atoms with E-state index in [0.29, 0.717) is 4.90 Å². The third kappa shape index (κ3) is 3.54. The molecule has 5 heteroatoms. The van der Waals surface area contributed by atoms with Crippen LogP contribution in [0.3, 0.4) is 0 Å². The number of likely N-dealkylation sites (N-methyl/N-ethyl adjacent to an activating group) is 1. The molecule has 0 aliphatic carbocycles. The minimum absolute atomic E-state index is 0.393. The molecule has 0 unspecified atom stereocenters. The van der Waals surface area contributed by atoms with Crippen LogP contribution in [0.25, 0.3) is 0 Å². The van der Waals surface area contributed by atoms with Crippen LogP contribution in [-0.2, 0) is 16.4 Å². The van der Waals surface area contributed by atoms with Gasteiger partial charge >= 0.3 is 0 Å². The molecule has 1 aliphatic rings. The normalized spacial score (nSPS) is 19.0. The Bertz CT molecular complexity index is 488. The summed E-state index contributed by atoms with van der Waals surface area (Å²) < 4.78 is 22.7. The lowest BCUT2D eigenvalue weighted by Crippen LogP contribution is -2.43. The monoisotopic (exact) mass is 268 g/mol. The highest BCUT2D eigenvalue weighted by molar-refractivity contribution is 7.90. The molecule has 1 aromatic rings. The van der Waals surface area contributed by atoms with Crippen LogP contribution in [0.2, 0.25) is 0 Å². The number of hydrogen-bond donors (Lipinski definition) is 0. The molecule has 0 amide bonds. The summed E-state index contributed by atoms with van der Waals surface area (Å²) in [6, 6.07) is 7.21. The molecule has 4 nitrogen and oxygen atoms in total. The zero-order valence-corrected chi connectivity index (χ0v) is 11.8. The lowest BCUT2D eigenvalue weighted by atomic mass is 10.2. The van der Waals surface area contributed by atoms with Gasteiger partial charge in [0.15, 0.2) is 9.84 Å². The number of sulfone groups is 1. The molecule has 0 aromatic heterocycles. The van der Waals surface area contributed by atoms with E-state index in [4.69, 9.17) is 0 Å². The number of nitrogens with zero attached hydrogens (tertiary/aromatic N) is 2. The first-order valence-electron chi connectivity index (χ1n) is 6.15. The van der Waals surface area contributed by atoms with Crippen molar-refractivity contribution in [3.05, 3.63) is 29.8 Å². The fraction of sp³-hybridized carbons (Fsp3) is 0.538. The van der Waals surface area contributed by atoms with Gasteiger partial charge in [-0.15, -0.1) is 0 Å². The Hall–Kier alpha value is -0.910. The van der Waals surface area contributed by atoms with E-state index in [2.05, 4.69) is 16.8 Å². The first-order chi connectivity index (χ1) is 8.45. The molecular formula is C13H20N2O2S. The Morgan fingerprint density at radius 2 is 1.61 bits per heavy atom. The SMILES string of the molecule is CN1CCN(Cc2ccc(S(C)(=O)=O)cc2)CC1. The largest absolute Gasteiger partial charge is 0.304 e. The average molecular weight is 268 g/mol. The smallest absolute Gasteiger partial charge is 0.175 e. The minimum atomic E-state index is -3.08. The molecular weight excluding hydrogens is 248 g/mol. The highest BCUT2D eigenvalue weighted by atomic mass is 32.2. The zero-order chi connectivity index (χ0) is 13.2. The van der Waals surface area contributed by atoms with Crippen LogP contribution < -0.4 is 0 Å². The maximum Gasteiger partial charge on any atom is 0.175 e. The van der Waals surface area contributed by atoms with E-state index in [1.54, 1.807) is 12.1 Å². The quantitative estimate of drug-likeness (QED) is 0.814. The third-order valence-electron chi connectivity index (χ3n) is 3.35. The summed E-state index contributed by atoms with van der Waals surface area (Å²) in [6.07, 6.45) is 1.24. The van der Waals surface area contributed by atoms with E-state index in [1.165, 1.54) is 11.8 Å². The van der Waals surface area contributed by atoms with Crippen molar-refractivity contribution in [2.75, 3.05) is 39.5 Å². The second kappa shape index (κ2) is 5.38. The predicted molar refractivity (Wildman–Crippen MR) is 72.3 cm³/mol. The fourth-order valence-electron chi connectivity index (χ4n) is 2.11. The minimum Gasteiger partial charge on any atom is -0.304 e. The lowest BCUT2D eigenvalue weighted by Gasteiger charge is -2.32. The van der Waals surface area contributed by atoms with E-state index in [-0.39, 0.29) is 0 Å². The van der Waals surface area contributed by atoms with Gasteiger partial charge in [0.05, 0.1) is 4.90 Å². The van der Waals surface area contributed by atoms with Crippen LogP contribution in [0.4, 0.5) is 0 Å². The van der Waals surface area contributed by atoms with Crippen molar-refractivity contribution in [2.24, 2.45) is 0 Å². The van der Waals surface area contributed by atoms with Gasteiger partial charge in [-0.3, -0.25) is 4.90 Å². The predicted octanol–water partition coefficient (Wildman–Crippen LogP) is 0.837. The van der Waals surface area contributed by atoms with Gasteiger partial charge < -0.3 is 4.90 Å². The second-order valence-corrected chi connectivity index (χ2v) is 7.01. The molecule has 0 spiro atoms. The third-order valence-corrected chi connectivity index (χ3v) is 4.48. The Kier molecular flexibility index (Phi) is 4.04. The molecule has 1 heterocycles. The van der Waals surface area contributed by atoms with Crippen molar-refractivity contribution in [3.63, 3.8) is 0 Å². The molecule has 1 fully saturated rings. The van der Waals surface area contributed by atoms with Crippen molar-refractivity contribution < 1.29 is 8.42 Å². The fourth-order valence-corrected chi connectivity index (χ4v) is 2.74. The Morgan fingerprint density at radius 1 is 1.06 bits per heavy atom. The Balaban J connectivity index is 1.98. The van der Waals surface area contributed by atoms with Crippen LogP contribution in [0.15, 0.2) is 29.2 Å². The number of piperazine rings is 1. The number of rotatable bonds is 3. The van der Waals surface area contributed by atoms with Gasteiger partial charge in [-0.2, -0.15) is 0 Å². The molecule has 100 valence electrons. The molecule has 0 bridgehead atoms. The maximum atomic E-state index is 11.4. The van der Waals surface area contributed by atoms with Crippen molar-refractivity contribution in [1.29, 1.82) is 0 Å².